The minimum Gasteiger partial charge on any atom is -0.353 e. The lowest BCUT2D eigenvalue weighted by Gasteiger charge is -2.39. The topological polar surface area (TPSA) is 41.1 Å². The molecule has 0 aliphatic carbocycles. The third kappa shape index (κ3) is 3.29. The SMILES string of the molecule is CC(C)(C)CC1NC(C)(C)CNC1=O. The molecule has 0 saturated carbocycles. The summed E-state index contributed by atoms with van der Waals surface area (Å²) >= 11 is 0. The van der Waals surface area contributed by atoms with E-state index in [9.17, 15) is 4.79 Å². The fourth-order valence-electron chi connectivity index (χ4n) is 1.78. The van der Waals surface area contributed by atoms with Crippen molar-refractivity contribution in [3.8, 4) is 0 Å². The molecule has 3 nitrogen and oxygen atoms in total. The molecule has 2 N–H and O–H groups in total. The Morgan fingerprint density at radius 1 is 1.43 bits per heavy atom. The van der Waals surface area contributed by atoms with Gasteiger partial charge in [-0.3, -0.25) is 10.1 Å². The van der Waals surface area contributed by atoms with Crippen LogP contribution in [0.2, 0.25) is 0 Å². The van der Waals surface area contributed by atoms with Gasteiger partial charge in [0.05, 0.1) is 6.04 Å². The van der Waals surface area contributed by atoms with Crippen LogP contribution < -0.4 is 10.6 Å². The molecular weight excluding hydrogens is 176 g/mol. The van der Waals surface area contributed by atoms with Gasteiger partial charge in [0.1, 0.15) is 0 Å². The predicted octanol–water partition coefficient (Wildman–Crippen LogP) is 1.29. The van der Waals surface area contributed by atoms with Gasteiger partial charge in [-0.05, 0) is 25.7 Å². The number of hydrogen-bond acceptors (Lipinski definition) is 2. The molecule has 14 heavy (non-hydrogen) atoms. The van der Waals surface area contributed by atoms with Crippen molar-refractivity contribution in [2.45, 2.75) is 52.6 Å². The Balaban J connectivity index is 2.62. The molecule has 0 radical (unpaired) electrons. The fourth-order valence-corrected chi connectivity index (χ4v) is 1.78. The Kier molecular flexibility index (Phi) is 2.91. The van der Waals surface area contributed by atoms with Gasteiger partial charge in [-0.2, -0.15) is 0 Å². The largest absolute Gasteiger partial charge is 0.353 e. The highest BCUT2D eigenvalue weighted by molar-refractivity contribution is 5.82. The van der Waals surface area contributed by atoms with Crippen molar-refractivity contribution < 1.29 is 4.79 Å². The second-order valence-electron chi connectivity index (χ2n) is 6.06. The Labute approximate surface area is 86.6 Å². The fraction of sp³-hybridized carbons (Fsp3) is 0.909. The van der Waals surface area contributed by atoms with Crippen LogP contribution >= 0.6 is 0 Å². The Hall–Kier alpha value is -0.570. The molecule has 1 rings (SSSR count). The minimum atomic E-state index is -0.0428. The average Bonchev–Trinajstić information content (AvgIpc) is 1.93. The highest BCUT2D eigenvalue weighted by Gasteiger charge is 2.34. The molecule has 0 aromatic carbocycles. The Bertz CT molecular complexity index is 226. The minimum absolute atomic E-state index is 0.0177. The molecule has 1 heterocycles. The van der Waals surface area contributed by atoms with Crippen LogP contribution in [0.4, 0.5) is 0 Å². The van der Waals surface area contributed by atoms with Gasteiger partial charge >= 0.3 is 0 Å². The zero-order valence-electron chi connectivity index (χ0n) is 9.90. The van der Waals surface area contributed by atoms with E-state index in [1.165, 1.54) is 0 Å². The molecule has 1 amide bonds. The Morgan fingerprint density at radius 2 is 2.00 bits per heavy atom. The van der Waals surface area contributed by atoms with E-state index in [2.05, 4.69) is 45.3 Å². The van der Waals surface area contributed by atoms with Crippen molar-refractivity contribution in [2.24, 2.45) is 5.41 Å². The maximum Gasteiger partial charge on any atom is 0.237 e. The molecule has 1 unspecified atom stereocenters. The summed E-state index contributed by atoms with van der Waals surface area (Å²) in [6, 6.07) is -0.0428. The lowest BCUT2D eigenvalue weighted by Crippen LogP contribution is -2.64. The van der Waals surface area contributed by atoms with Crippen LogP contribution in [-0.4, -0.2) is 24.0 Å². The number of carbonyl (C=O) groups excluding carboxylic acids is 1. The van der Waals surface area contributed by atoms with Crippen molar-refractivity contribution in [3.63, 3.8) is 0 Å². The molecule has 0 spiro atoms. The van der Waals surface area contributed by atoms with E-state index in [1.54, 1.807) is 0 Å². The van der Waals surface area contributed by atoms with Gasteiger partial charge in [-0.15, -0.1) is 0 Å². The maximum atomic E-state index is 11.6. The van der Waals surface area contributed by atoms with Crippen molar-refractivity contribution in [3.05, 3.63) is 0 Å². The first-order valence-corrected chi connectivity index (χ1v) is 5.25. The standard InChI is InChI=1S/C11H22N2O/c1-10(2,3)6-8-9(14)12-7-11(4,5)13-8/h8,13H,6-7H2,1-5H3,(H,12,14). The van der Waals surface area contributed by atoms with E-state index in [-0.39, 0.29) is 22.9 Å². The smallest absolute Gasteiger partial charge is 0.237 e. The van der Waals surface area contributed by atoms with Gasteiger partial charge in [-0.1, -0.05) is 20.8 Å². The van der Waals surface area contributed by atoms with Crippen molar-refractivity contribution >= 4 is 5.91 Å². The van der Waals surface area contributed by atoms with E-state index in [1.807, 2.05) is 0 Å². The summed E-state index contributed by atoms with van der Waals surface area (Å²) in [5.41, 5.74) is 0.201. The molecule has 0 bridgehead atoms. The average molecular weight is 198 g/mol. The number of rotatable bonds is 1. The lowest BCUT2D eigenvalue weighted by atomic mass is 9.85. The van der Waals surface area contributed by atoms with Crippen LogP contribution in [0.25, 0.3) is 0 Å². The van der Waals surface area contributed by atoms with Crippen LogP contribution in [0.5, 0.6) is 0 Å². The molecule has 1 fully saturated rings. The quantitative estimate of drug-likeness (QED) is 0.666. The van der Waals surface area contributed by atoms with Gasteiger partial charge in [0, 0.05) is 12.1 Å². The third-order valence-electron chi connectivity index (χ3n) is 2.40. The van der Waals surface area contributed by atoms with Gasteiger partial charge < -0.3 is 5.32 Å². The molecule has 1 aliphatic heterocycles. The first-order valence-electron chi connectivity index (χ1n) is 5.25. The van der Waals surface area contributed by atoms with Crippen LogP contribution in [-0.2, 0) is 4.79 Å². The predicted molar refractivity (Wildman–Crippen MR) is 58.1 cm³/mol. The van der Waals surface area contributed by atoms with Crippen LogP contribution in [0.3, 0.4) is 0 Å². The number of amides is 1. The number of carbonyl (C=O) groups is 1. The van der Waals surface area contributed by atoms with Gasteiger partial charge in [0.15, 0.2) is 0 Å². The van der Waals surface area contributed by atoms with E-state index >= 15 is 0 Å². The summed E-state index contributed by atoms with van der Waals surface area (Å²) in [5.74, 6) is 0.138. The third-order valence-corrected chi connectivity index (χ3v) is 2.40. The first kappa shape index (κ1) is 11.5. The van der Waals surface area contributed by atoms with E-state index in [0.717, 1.165) is 6.42 Å². The number of nitrogens with one attached hydrogen (secondary N) is 2. The second-order valence-corrected chi connectivity index (χ2v) is 6.06. The molecule has 1 saturated heterocycles. The number of piperazine rings is 1. The van der Waals surface area contributed by atoms with Crippen LogP contribution in [0.1, 0.15) is 41.0 Å². The molecule has 0 aromatic rings. The Morgan fingerprint density at radius 3 is 2.50 bits per heavy atom. The number of hydrogen-bond donors (Lipinski definition) is 2. The molecule has 82 valence electrons. The summed E-state index contributed by atoms with van der Waals surface area (Å²) in [6.07, 6.45) is 0.877. The van der Waals surface area contributed by atoms with Crippen molar-refractivity contribution in [1.82, 2.24) is 10.6 Å². The normalized spacial score (nSPS) is 27.2. The zero-order chi connectivity index (χ0) is 11.0. The highest BCUT2D eigenvalue weighted by Crippen LogP contribution is 2.23. The summed E-state index contributed by atoms with van der Waals surface area (Å²) in [6.45, 7) is 11.4. The summed E-state index contributed by atoms with van der Waals surface area (Å²) in [5, 5.41) is 6.33. The summed E-state index contributed by atoms with van der Waals surface area (Å²) < 4.78 is 0. The molecule has 3 heteroatoms. The van der Waals surface area contributed by atoms with E-state index in [4.69, 9.17) is 0 Å². The zero-order valence-corrected chi connectivity index (χ0v) is 9.90. The molecular formula is C11H22N2O. The second kappa shape index (κ2) is 3.54. The van der Waals surface area contributed by atoms with E-state index in [0.29, 0.717) is 6.54 Å². The van der Waals surface area contributed by atoms with Gasteiger partial charge in [0.25, 0.3) is 0 Å². The summed E-state index contributed by atoms with van der Waals surface area (Å²) in [7, 11) is 0. The van der Waals surface area contributed by atoms with Gasteiger partial charge in [-0.25, -0.2) is 0 Å². The van der Waals surface area contributed by atoms with Crippen molar-refractivity contribution in [2.75, 3.05) is 6.54 Å². The highest BCUT2D eigenvalue weighted by atomic mass is 16.2. The molecule has 1 aliphatic rings. The van der Waals surface area contributed by atoms with Crippen LogP contribution in [0, 0.1) is 5.41 Å². The molecule has 1 atom stereocenters. The van der Waals surface area contributed by atoms with E-state index < -0.39 is 0 Å². The maximum absolute atomic E-state index is 11.6. The van der Waals surface area contributed by atoms with Gasteiger partial charge in [0.2, 0.25) is 5.91 Å². The lowest BCUT2D eigenvalue weighted by molar-refractivity contribution is -0.126. The van der Waals surface area contributed by atoms with Crippen molar-refractivity contribution in [1.29, 1.82) is 0 Å². The molecule has 0 aromatic heterocycles. The first-order chi connectivity index (χ1) is 6.20. The monoisotopic (exact) mass is 198 g/mol. The van der Waals surface area contributed by atoms with Crippen LogP contribution in [0.15, 0.2) is 0 Å². The summed E-state index contributed by atoms with van der Waals surface area (Å²) in [4.78, 5) is 11.6.